The smallest absolute Gasteiger partial charge is 0.339 e. The molecule has 0 spiro atoms. The van der Waals surface area contributed by atoms with Crippen LogP contribution in [0.5, 0.6) is 0 Å². The highest BCUT2D eigenvalue weighted by Crippen LogP contribution is 2.14. The van der Waals surface area contributed by atoms with Crippen molar-refractivity contribution in [3.8, 4) is 0 Å². The molecule has 1 aromatic rings. The molecule has 4 N–H and O–H groups in total. The van der Waals surface area contributed by atoms with Gasteiger partial charge in [-0.1, -0.05) is 51.6 Å². The van der Waals surface area contributed by atoms with E-state index in [1.165, 1.54) is 38.1 Å². The monoisotopic (exact) mass is 1070 g/mol. The number of carboxylic acid groups (broad SMARTS) is 4. The lowest BCUT2D eigenvalue weighted by molar-refractivity contribution is -0.151. The molecule has 1 aromatic carbocycles. The van der Waals surface area contributed by atoms with Crippen molar-refractivity contribution in [3.05, 3.63) is 124 Å². The second-order valence-corrected chi connectivity index (χ2v) is 13.8. The normalized spacial score (nSPS) is 8.95. The molecule has 0 radical (unpaired) electrons. The van der Waals surface area contributed by atoms with Gasteiger partial charge in [0.1, 0.15) is 45.5 Å². The van der Waals surface area contributed by atoms with Crippen LogP contribution in [0.4, 0.5) is 0 Å². The first-order chi connectivity index (χ1) is 34.5. The Morgan fingerprint density at radius 1 is 0.541 bits per heavy atom. The van der Waals surface area contributed by atoms with Crippen molar-refractivity contribution in [2.24, 2.45) is 5.41 Å². The van der Waals surface area contributed by atoms with E-state index in [0.29, 0.717) is 0 Å². The van der Waals surface area contributed by atoms with Crippen molar-refractivity contribution in [1.82, 2.24) is 0 Å². The van der Waals surface area contributed by atoms with Crippen LogP contribution in [0.1, 0.15) is 81.0 Å². The maximum Gasteiger partial charge on any atom is 0.339 e. The molecular formula is C49H65ClO24. The summed E-state index contributed by atoms with van der Waals surface area (Å²) in [4.78, 5) is 127. The molecule has 0 fully saturated rings. The minimum absolute atomic E-state index is 0.0498. The highest BCUT2D eigenvalue weighted by molar-refractivity contribution is 6.26. The van der Waals surface area contributed by atoms with Gasteiger partial charge < -0.3 is 58.3 Å². The number of rotatable bonds is 24. The average Bonchev–Trinajstić information content (AvgIpc) is 3.35. The second-order valence-electron chi connectivity index (χ2n) is 13.6. The maximum absolute atomic E-state index is 11.7. The number of aliphatic carboxylic acids is 3. The molecule has 74 heavy (non-hydrogen) atoms. The number of halogens is 1. The molecule has 24 nitrogen and oxygen atoms in total. The van der Waals surface area contributed by atoms with Gasteiger partial charge in [0.15, 0.2) is 0 Å². The van der Waals surface area contributed by atoms with E-state index in [4.69, 9.17) is 41.5 Å². The van der Waals surface area contributed by atoms with Crippen molar-refractivity contribution < 1.29 is 116 Å². The Balaban J connectivity index is -0.000000196. The Labute approximate surface area is 433 Å². The van der Waals surface area contributed by atoms with Crippen molar-refractivity contribution in [2.75, 3.05) is 45.5 Å². The topological polar surface area (TPSA) is 360 Å². The van der Waals surface area contributed by atoms with Gasteiger partial charge in [-0.15, -0.1) is 24.8 Å². The van der Waals surface area contributed by atoms with Crippen molar-refractivity contribution in [3.63, 3.8) is 0 Å². The Morgan fingerprint density at radius 2 is 0.905 bits per heavy atom. The number of hydrogen-bond acceptors (Lipinski definition) is 20. The molecule has 0 unspecified atom stereocenters. The third kappa shape index (κ3) is 54.3. The van der Waals surface area contributed by atoms with E-state index in [1.54, 1.807) is 20.8 Å². The van der Waals surface area contributed by atoms with E-state index in [0.717, 1.165) is 24.7 Å². The molecule has 412 valence electrons. The van der Waals surface area contributed by atoms with E-state index in [-0.39, 0.29) is 99.4 Å². The third-order valence-electron chi connectivity index (χ3n) is 6.35. The summed E-state index contributed by atoms with van der Waals surface area (Å²) in [6.07, 6.45) is 3.09. The molecule has 0 aromatic heterocycles. The molecule has 0 heterocycles. The molecular weight excluding hydrogens is 1010 g/mol. The maximum atomic E-state index is 11.7. The Bertz CT molecular complexity index is 2050. The number of carbonyl (C=O) groups is 12. The lowest BCUT2D eigenvalue weighted by atomic mass is 9.98. The van der Waals surface area contributed by atoms with Gasteiger partial charge in [0, 0.05) is 23.3 Å². The van der Waals surface area contributed by atoms with E-state index in [1.807, 2.05) is 0 Å². The van der Waals surface area contributed by atoms with Gasteiger partial charge in [-0.25, -0.2) is 28.8 Å². The van der Waals surface area contributed by atoms with Crippen LogP contribution in [-0.2, 0) is 85.8 Å². The van der Waals surface area contributed by atoms with Gasteiger partial charge in [-0.3, -0.25) is 28.8 Å². The highest BCUT2D eigenvalue weighted by Gasteiger charge is 2.22. The number of carboxylic acids is 4. The molecule has 0 bridgehead atoms. The van der Waals surface area contributed by atoms with Crippen molar-refractivity contribution in [2.45, 2.75) is 60.3 Å². The first-order valence-electron chi connectivity index (χ1n) is 20.7. The number of ether oxygens (including phenoxy) is 8. The largest absolute Gasteiger partial charge is 0.481 e. The standard InChI is InChI=1S/C14H14O6.C10H14O6.C9H12O6.C7H12O2.C4H5ClO2.C3H4O2.C2H4/c1-9(2)13(17)19-7-8-20-14(18)11-6-4-3-5-10(11)12(15)16;1-7(2)10(14)16-6-5-15-9(13)4-3-8(11)12;1-2-8(12)14-5-6-15-9(13)4-3-7(10)11;1-5-9-6(8)7(2,3)4;1-2-7-4(6)3-5;1-2-3(4)5;1-2/h3-6H,1,7-8H2,2H3,(H,15,16);1,3-6H2,2H3,(H,11,12);2H,1,3-6H2,(H,10,11);5H,1H2,2-4H3;2H,1,3H2;2H,1H2,(H,4,5);1-2H2. The minimum Gasteiger partial charge on any atom is -0.481 e. The van der Waals surface area contributed by atoms with E-state index in [9.17, 15) is 57.5 Å². The quantitative estimate of drug-likeness (QED) is 0.0176. The summed E-state index contributed by atoms with van der Waals surface area (Å²) >= 11 is 5.01. The van der Waals surface area contributed by atoms with Crippen LogP contribution in [0, 0.1) is 5.41 Å². The highest BCUT2D eigenvalue weighted by atomic mass is 35.5. The number of aromatic carboxylic acids is 1. The van der Waals surface area contributed by atoms with Gasteiger partial charge in [0.05, 0.1) is 54.7 Å². The molecule has 0 atom stereocenters. The fourth-order valence-electron chi connectivity index (χ4n) is 3.03. The summed E-state index contributed by atoms with van der Waals surface area (Å²) in [5, 5.41) is 33.1. The third-order valence-corrected chi connectivity index (χ3v) is 6.57. The van der Waals surface area contributed by atoms with Gasteiger partial charge in [-0.2, -0.15) is 0 Å². The van der Waals surface area contributed by atoms with Crippen molar-refractivity contribution in [1.29, 1.82) is 0 Å². The first-order valence-corrected chi connectivity index (χ1v) is 21.2. The number of alkyl halides is 1. The van der Waals surface area contributed by atoms with Crippen LogP contribution in [0.25, 0.3) is 0 Å². The predicted octanol–water partition coefficient (Wildman–Crippen LogP) is 5.99. The van der Waals surface area contributed by atoms with Crippen LogP contribution >= 0.6 is 11.6 Å². The SMILES string of the molecule is C=C.C=C(C)C(=O)OCCOC(=O)CCC(=O)O.C=C(C)C(=O)OCCOC(=O)c1ccccc1C(=O)O.C=CC(=O)O.C=CC(=O)OCCOC(=O)CCC(=O)O.C=COC(=O)C(C)(C)C.C=COC(=O)CCl. The molecule has 0 aliphatic heterocycles. The zero-order valence-corrected chi connectivity index (χ0v) is 42.6. The number of hydrogen-bond donors (Lipinski definition) is 4. The van der Waals surface area contributed by atoms with Crippen LogP contribution in [0.15, 0.2) is 113 Å². The number of benzene rings is 1. The Hall–Kier alpha value is -8.67. The van der Waals surface area contributed by atoms with E-state index >= 15 is 0 Å². The second kappa shape index (κ2) is 49.3. The minimum atomic E-state index is -1.22. The number of carbonyl (C=O) groups excluding carboxylic acids is 8. The molecule has 0 aliphatic rings. The average molecular weight is 1070 g/mol. The summed E-state index contributed by atoms with van der Waals surface area (Å²) in [6.45, 7) is 33.1. The summed E-state index contributed by atoms with van der Waals surface area (Å²) in [5.74, 6) is -8.95. The molecule has 0 amide bonds. The van der Waals surface area contributed by atoms with Gasteiger partial charge in [0.25, 0.3) is 0 Å². The first kappa shape index (κ1) is 76.8. The zero-order valence-electron chi connectivity index (χ0n) is 41.9. The Morgan fingerprint density at radius 3 is 1.19 bits per heavy atom. The van der Waals surface area contributed by atoms with Crippen LogP contribution in [0.2, 0.25) is 0 Å². The fourth-order valence-corrected chi connectivity index (χ4v) is 3.09. The number of esters is 8. The summed E-state index contributed by atoms with van der Waals surface area (Å²) in [7, 11) is 0. The fraction of sp³-hybridized carbons (Fsp3) is 0.347. The lowest BCUT2D eigenvalue weighted by Crippen LogP contribution is -2.20. The Kier molecular flexibility index (Phi) is 51.2. The lowest BCUT2D eigenvalue weighted by Gasteiger charge is -2.13. The molecule has 0 saturated heterocycles. The summed E-state index contributed by atoms with van der Waals surface area (Å²) in [6, 6.07) is 5.70. The van der Waals surface area contributed by atoms with Gasteiger partial charge in [-0.05, 0) is 46.8 Å². The van der Waals surface area contributed by atoms with Gasteiger partial charge in [0.2, 0.25) is 0 Å². The summed E-state index contributed by atoms with van der Waals surface area (Å²) < 4.78 is 36.6. The van der Waals surface area contributed by atoms with Crippen LogP contribution in [0.3, 0.4) is 0 Å². The molecule has 25 heteroatoms. The van der Waals surface area contributed by atoms with Gasteiger partial charge >= 0.3 is 71.6 Å². The zero-order chi connectivity index (χ0) is 58.8. The summed E-state index contributed by atoms with van der Waals surface area (Å²) in [5.41, 5.74) is -0.110. The molecule has 1 rings (SSSR count). The van der Waals surface area contributed by atoms with Crippen LogP contribution < -0.4 is 0 Å². The predicted molar refractivity (Wildman–Crippen MR) is 264 cm³/mol. The molecule has 0 saturated carbocycles. The van der Waals surface area contributed by atoms with E-state index in [2.05, 4.69) is 81.1 Å². The van der Waals surface area contributed by atoms with Crippen LogP contribution in [-0.4, -0.2) is 138 Å². The van der Waals surface area contributed by atoms with Crippen molar-refractivity contribution >= 4 is 83.2 Å². The van der Waals surface area contributed by atoms with E-state index < -0.39 is 71.1 Å². The molecule has 0 aliphatic carbocycles.